The normalized spacial score (nSPS) is 24.9. The van der Waals surface area contributed by atoms with Gasteiger partial charge in [-0.3, -0.25) is 0 Å². The Kier molecular flexibility index (Phi) is 4.23. The van der Waals surface area contributed by atoms with Crippen molar-refractivity contribution in [3.05, 3.63) is 28.8 Å². The molecule has 2 unspecified atom stereocenters. The monoisotopic (exact) mass is 292 g/mol. The summed E-state index contributed by atoms with van der Waals surface area (Å²) in [5, 5.41) is 4.44. The van der Waals surface area contributed by atoms with Crippen molar-refractivity contribution in [1.29, 1.82) is 0 Å². The van der Waals surface area contributed by atoms with Crippen LogP contribution >= 0.6 is 11.6 Å². The molecule has 1 aromatic carbocycles. The van der Waals surface area contributed by atoms with Gasteiger partial charge in [0.1, 0.15) is 0 Å². The summed E-state index contributed by atoms with van der Waals surface area (Å²) in [5.41, 5.74) is 2.64. The van der Waals surface area contributed by atoms with Gasteiger partial charge in [0.15, 0.2) is 0 Å². The van der Waals surface area contributed by atoms with Gasteiger partial charge in [-0.2, -0.15) is 0 Å². The fraction of sp³-hybridized carbons (Fsp3) is 0.647. The molecule has 2 bridgehead atoms. The summed E-state index contributed by atoms with van der Waals surface area (Å²) in [6.45, 7) is 7.61. The third-order valence-corrected chi connectivity index (χ3v) is 5.02. The van der Waals surface area contributed by atoms with Crippen LogP contribution in [0, 0.1) is 11.8 Å². The van der Waals surface area contributed by atoms with E-state index in [9.17, 15) is 0 Å². The van der Waals surface area contributed by atoms with E-state index < -0.39 is 0 Å². The van der Waals surface area contributed by atoms with Gasteiger partial charge >= 0.3 is 0 Å². The van der Waals surface area contributed by atoms with Gasteiger partial charge in [0, 0.05) is 35.4 Å². The number of halogens is 1. The highest BCUT2D eigenvalue weighted by molar-refractivity contribution is 6.31. The molecule has 1 aliphatic heterocycles. The lowest BCUT2D eigenvalue weighted by Gasteiger charge is -2.31. The minimum Gasteiger partial charge on any atom is -0.368 e. The van der Waals surface area contributed by atoms with Gasteiger partial charge in [-0.1, -0.05) is 31.5 Å². The van der Waals surface area contributed by atoms with Crippen molar-refractivity contribution < 1.29 is 0 Å². The van der Waals surface area contributed by atoms with Crippen molar-refractivity contribution in [3.8, 4) is 0 Å². The van der Waals surface area contributed by atoms with Gasteiger partial charge in [0.25, 0.3) is 0 Å². The summed E-state index contributed by atoms with van der Waals surface area (Å²) < 4.78 is 0. The Morgan fingerprint density at radius 1 is 1.35 bits per heavy atom. The van der Waals surface area contributed by atoms with Gasteiger partial charge < -0.3 is 10.2 Å². The molecule has 2 nitrogen and oxygen atoms in total. The molecule has 3 heteroatoms. The number of fused-ring (bicyclic) bond motifs is 2. The highest BCUT2D eigenvalue weighted by Crippen LogP contribution is 2.42. The van der Waals surface area contributed by atoms with Crippen molar-refractivity contribution in [2.24, 2.45) is 11.8 Å². The van der Waals surface area contributed by atoms with E-state index in [1.54, 1.807) is 0 Å². The molecule has 2 fully saturated rings. The van der Waals surface area contributed by atoms with Crippen LogP contribution in [0.3, 0.4) is 0 Å². The predicted molar refractivity (Wildman–Crippen MR) is 86.5 cm³/mol. The van der Waals surface area contributed by atoms with E-state index in [2.05, 4.69) is 36.2 Å². The molecule has 0 spiro atoms. The molecule has 1 saturated heterocycles. The second kappa shape index (κ2) is 5.95. The SMILES string of the molecule is CC(C)CNCc1c(Cl)cccc1N1CC2CCC1C2. The molecule has 0 amide bonds. The second-order valence-corrected chi connectivity index (χ2v) is 7.15. The number of piperidine rings is 1. The summed E-state index contributed by atoms with van der Waals surface area (Å²) >= 11 is 6.46. The van der Waals surface area contributed by atoms with Gasteiger partial charge in [0.05, 0.1) is 0 Å². The van der Waals surface area contributed by atoms with E-state index in [0.717, 1.165) is 30.1 Å². The number of hydrogen-bond donors (Lipinski definition) is 1. The summed E-state index contributed by atoms with van der Waals surface area (Å²) in [6.07, 6.45) is 4.16. The molecule has 110 valence electrons. The van der Waals surface area contributed by atoms with Crippen molar-refractivity contribution in [2.45, 2.75) is 45.7 Å². The molecule has 1 aliphatic carbocycles. The molecule has 2 atom stereocenters. The van der Waals surface area contributed by atoms with Gasteiger partial charge in [-0.25, -0.2) is 0 Å². The zero-order valence-corrected chi connectivity index (χ0v) is 13.3. The van der Waals surface area contributed by atoms with Gasteiger partial charge in [-0.15, -0.1) is 0 Å². The van der Waals surface area contributed by atoms with Crippen molar-refractivity contribution in [3.63, 3.8) is 0 Å². The molecule has 1 N–H and O–H groups in total. The van der Waals surface area contributed by atoms with Gasteiger partial charge in [-0.05, 0) is 49.8 Å². The van der Waals surface area contributed by atoms with Crippen LogP contribution in [-0.4, -0.2) is 19.1 Å². The molecular weight excluding hydrogens is 268 g/mol. The Morgan fingerprint density at radius 2 is 2.20 bits per heavy atom. The average molecular weight is 293 g/mol. The maximum atomic E-state index is 6.46. The molecule has 0 aromatic heterocycles. The first-order chi connectivity index (χ1) is 9.65. The minimum atomic E-state index is 0.670. The third kappa shape index (κ3) is 2.82. The minimum absolute atomic E-state index is 0.670. The highest BCUT2D eigenvalue weighted by atomic mass is 35.5. The van der Waals surface area contributed by atoms with E-state index in [0.29, 0.717) is 5.92 Å². The lowest BCUT2D eigenvalue weighted by molar-refractivity contribution is 0.542. The first-order valence-electron chi connectivity index (χ1n) is 7.90. The van der Waals surface area contributed by atoms with E-state index in [1.807, 2.05) is 6.07 Å². The fourth-order valence-electron chi connectivity index (χ4n) is 3.70. The Bertz CT molecular complexity index is 472. The summed E-state index contributed by atoms with van der Waals surface area (Å²) in [5.74, 6) is 1.58. The molecule has 3 rings (SSSR count). The first-order valence-corrected chi connectivity index (χ1v) is 8.27. The van der Waals surface area contributed by atoms with E-state index >= 15 is 0 Å². The van der Waals surface area contributed by atoms with E-state index in [1.165, 1.54) is 37.1 Å². The maximum absolute atomic E-state index is 6.46. The smallest absolute Gasteiger partial charge is 0.0471 e. The number of anilines is 1. The first kappa shape index (κ1) is 14.2. The lowest BCUT2D eigenvalue weighted by atomic mass is 10.1. The van der Waals surface area contributed by atoms with E-state index in [4.69, 9.17) is 11.6 Å². The van der Waals surface area contributed by atoms with Crippen LogP contribution in [-0.2, 0) is 6.54 Å². The van der Waals surface area contributed by atoms with Crippen LogP contribution in [0.5, 0.6) is 0 Å². The van der Waals surface area contributed by atoms with Gasteiger partial charge in [0.2, 0.25) is 0 Å². The molecule has 1 aromatic rings. The summed E-state index contributed by atoms with van der Waals surface area (Å²) in [4.78, 5) is 2.60. The standard InChI is InChI=1S/C17H25ClN2/c1-12(2)9-19-10-15-16(18)4-3-5-17(15)20-11-13-6-7-14(20)8-13/h3-5,12-14,19H,6-11H2,1-2H3. The highest BCUT2D eigenvalue weighted by Gasteiger charge is 2.38. The van der Waals surface area contributed by atoms with Crippen LogP contribution in [0.2, 0.25) is 5.02 Å². The average Bonchev–Trinajstić information content (AvgIpc) is 3.02. The van der Waals surface area contributed by atoms with Crippen molar-refractivity contribution in [2.75, 3.05) is 18.0 Å². The quantitative estimate of drug-likeness (QED) is 0.880. The largest absolute Gasteiger partial charge is 0.368 e. The van der Waals surface area contributed by atoms with Crippen LogP contribution in [0.25, 0.3) is 0 Å². The zero-order chi connectivity index (χ0) is 14.1. The van der Waals surface area contributed by atoms with Crippen molar-refractivity contribution >= 4 is 17.3 Å². The molecule has 0 radical (unpaired) electrons. The number of nitrogens with zero attached hydrogens (tertiary/aromatic N) is 1. The third-order valence-electron chi connectivity index (χ3n) is 4.67. The Morgan fingerprint density at radius 3 is 2.85 bits per heavy atom. The Hall–Kier alpha value is -0.730. The fourth-order valence-corrected chi connectivity index (χ4v) is 3.93. The second-order valence-electron chi connectivity index (χ2n) is 6.75. The van der Waals surface area contributed by atoms with Crippen LogP contribution in [0.4, 0.5) is 5.69 Å². The number of hydrogen-bond acceptors (Lipinski definition) is 2. The van der Waals surface area contributed by atoms with Crippen LogP contribution < -0.4 is 10.2 Å². The maximum Gasteiger partial charge on any atom is 0.0471 e. The lowest BCUT2D eigenvalue weighted by Crippen LogP contribution is -2.33. The molecule has 20 heavy (non-hydrogen) atoms. The molecular formula is C17H25ClN2. The van der Waals surface area contributed by atoms with Crippen molar-refractivity contribution in [1.82, 2.24) is 5.32 Å². The summed E-state index contributed by atoms with van der Waals surface area (Å²) in [7, 11) is 0. The zero-order valence-electron chi connectivity index (χ0n) is 12.5. The van der Waals surface area contributed by atoms with E-state index in [-0.39, 0.29) is 0 Å². The molecule has 1 heterocycles. The number of rotatable bonds is 5. The number of benzene rings is 1. The van der Waals surface area contributed by atoms with Crippen LogP contribution in [0.15, 0.2) is 18.2 Å². The molecule has 1 saturated carbocycles. The molecule has 2 aliphatic rings. The van der Waals surface area contributed by atoms with Crippen LogP contribution in [0.1, 0.15) is 38.7 Å². The Labute approximate surface area is 127 Å². The predicted octanol–water partition coefficient (Wildman–Crippen LogP) is 4.07. The Balaban J connectivity index is 1.78. The number of nitrogens with one attached hydrogen (secondary N) is 1. The topological polar surface area (TPSA) is 15.3 Å². The summed E-state index contributed by atoms with van der Waals surface area (Å²) in [6, 6.07) is 7.11.